The lowest BCUT2D eigenvalue weighted by Crippen LogP contribution is -2.34. The van der Waals surface area contributed by atoms with Gasteiger partial charge in [0.05, 0.1) is 17.4 Å². The van der Waals surface area contributed by atoms with E-state index in [1.807, 2.05) is 43.2 Å². The van der Waals surface area contributed by atoms with Crippen molar-refractivity contribution in [3.8, 4) is 6.07 Å². The highest BCUT2D eigenvalue weighted by Gasteiger charge is 2.63. The number of nitrogens with zero attached hydrogens (tertiary/aromatic N) is 5. The standard InChI is InChI=1S/C27H40N6O/c1-8-31(7)18-22-15-24(33-13-11-27(26(33)34)16-23(27)19-30(5)6)9-10-25(22)32(14-12-29-4)21(3)20(2)17-28/h8-10,12,14-15,20-21,23,29H,1,11,13,16,18-19H2,2-7H3/b14-12-/t20?,21-,23?,27?/m0/s1. The van der Waals surface area contributed by atoms with E-state index >= 15 is 0 Å². The average Bonchev–Trinajstić information content (AvgIpc) is 3.40. The molecule has 7 heteroatoms. The molecule has 1 aromatic carbocycles. The van der Waals surface area contributed by atoms with Crippen molar-refractivity contribution < 1.29 is 4.79 Å². The maximum absolute atomic E-state index is 13.5. The summed E-state index contributed by atoms with van der Waals surface area (Å²) < 4.78 is 0. The van der Waals surface area contributed by atoms with Crippen molar-refractivity contribution in [2.75, 3.05) is 51.1 Å². The van der Waals surface area contributed by atoms with Gasteiger partial charge in [-0.15, -0.1) is 0 Å². The first-order valence-corrected chi connectivity index (χ1v) is 12.1. The molecule has 1 N–H and O–H groups in total. The minimum absolute atomic E-state index is 0.0248. The van der Waals surface area contributed by atoms with Gasteiger partial charge in [-0.1, -0.05) is 6.58 Å². The van der Waals surface area contributed by atoms with Gasteiger partial charge in [0, 0.05) is 63.5 Å². The van der Waals surface area contributed by atoms with Crippen LogP contribution in [0.25, 0.3) is 0 Å². The van der Waals surface area contributed by atoms with Gasteiger partial charge >= 0.3 is 0 Å². The Kier molecular flexibility index (Phi) is 7.93. The van der Waals surface area contributed by atoms with Crippen molar-refractivity contribution in [3.05, 3.63) is 48.9 Å². The summed E-state index contributed by atoms with van der Waals surface area (Å²) in [6.45, 7) is 10.3. The first-order chi connectivity index (χ1) is 16.2. The molecule has 3 rings (SSSR count). The number of carbonyl (C=O) groups excluding carboxylic acids is 1. The largest absolute Gasteiger partial charge is 0.393 e. The van der Waals surface area contributed by atoms with Crippen LogP contribution in [0.5, 0.6) is 0 Å². The molecule has 2 aliphatic rings. The molecule has 34 heavy (non-hydrogen) atoms. The lowest BCUT2D eigenvalue weighted by Gasteiger charge is -2.33. The molecule has 1 saturated carbocycles. The third kappa shape index (κ3) is 5.07. The molecular weight excluding hydrogens is 424 g/mol. The Morgan fingerprint density at radius 2 is 2.09 bits per heavy atom. The van der Waals surface area contributed by atoms with E-state index in [2.05, 4.69) is 67.0 Å². The Morgan fingerprint density at radius 3 is 2.71 bits per heavy atom. The zero-order chi connectivity index (χ0) is 25.0. The lowest BCUT2D eigenvalue weighted by atomic mass is 10.0. The Hall–Kier alpha value is -2.98. The normalized spacial score (nSPS) is 23.3. The van der Waals surface area contributed by atoms with Crippen LogP contribution in [0, 0.1) is 28.6 Å². The summed E-state index contributed by atoms with van der Waals surface area (Å²) in [5.41, 5.74) is 2.90. The summed E-state index contributed by atoms with van der Waals surface area (Å²) in [6, 6.07) is 8.63. The first kappa shape index (κ1) is 25.6. The number of amides is 1. The van der Waals surface area contributed by atoms with Crippen molar-refractivity contribution in [1.82, 2.24) is 15.1 Å². The van der Waals surface area contributed by atoms with Gasteiger partial charge in [-0.2, -0.15) is 5.26 Å². The maximum atomic E-state index is 13.5. The number of hydrogen-bond acceptors (Lipinski definition) is 6. The van der Waals surface area contributed by atoms with E-state index in [0.29, 0.717) is 12.5 Å². The molecule has 0 radical (unpaired) electrons. The highest BCUT2D eigenvalue weighted by molar-refractivity contribution is 6.02. The van der Waals surface area contributed by atoms with Gasteiger partial charge in [-0.05, 0) is 76.7 Å². The first-order valence-electron chi connectivity index (χ1n) is 12.1. The molecule has 3 unspecified atom stereocenters. The van der Waals surface area contributed by atoms with Gasteiger partial charge in [-0.3, -0.25) is 4.79 Å². The Labute approximate surface area is 205 Å². The molecule has 1 heterocycles. The molecule has 1 aromatic rings. The number of benzene rings is 1. The number of carbonyl (C=O) groups is 1. The second-order valence-corrected chi connectivity index (χ2v) is 10.1. The minimum Gasteiger partial charge on any atom is -0.393 e. The van der Waals surface area contributed by atoms with E-state index in [9.17, 15) is 10.1 Å². The highest BCUT2D eigenvalue weighted by atomic mass is 16.2. The zero-order valence-electron chi connectivity index (χ0n) is 21.6. The highest BCUT2D eigenvalue weighted by Crippen LogP contribution is 2.60. The Morgan fingerprint density at radius 1 is 1.35 bits per heavy atom. The smallest absolute Gasteiger partial charge is 0.233 e. The number of nitrogens with one attached hydrogen (secondary N) is 1. The van der Waals surface area contributed by atoms with Crippen molar-refractivity contribution in [2.24, 2.45) is 17.3 Å². The molecule has 0 aromatic heterocycles. The van der Waals surface area contributed by atoms with Crippen LogP contribution < -0.4 is 15.1 Å². The van der Waals surface area contributed by atoms with E-state index < -0.39 is 0 Å². The van der Waals surface area contributed by atoms with Gasteiger partial charge in [0.25, 0.3) is 0 Å². The monoisotopic (exact) mass is 464 g/mol. The lowest BCUT2D eigenvalue weighted by molar-refractivity contribution is -0.122. The van der Waals surface area contributed by atoms with E-state index in [4.69, 9.17) is 0 Å². The van der Waals surface area contributed by atoms with Crippen LogP contribution >= 0.6 is 0 Å². The van der Waals surface area contributed by atoms with Crippen molar-refractivity contribution in [1.29, 1.82) is 5.26 Å². The molecule has 1 aliphatic heterocycles. The molecule has 1 aliphatic carbocycles. The minimum atomic E-state index is -0.167. The number of nitriles is 1. The molecule has 4 atom stereocenters. The third-order valence-corrected chi connectivity index (χ3v) is 7.42. The van der Waals surface area contributed by atoms with Crippen molar-refractivity contribution in [3.63, 3.8) is 0 Å². The number of hydrogen-bond donors (Lipinski definition) is 1. The molecule has 1 saturated heterocycles. The Balaban J connectivity index is 1.96. The van der Waals surface area contributed by atoms with E-state index in [-0.39, 0.29) is 23.3 Å². The molecular formula is C27H40N6O. The van der Waals surface area contributed by atoms with Gasteiger partial charge in [-0.25, -0.2) is 0 Å². The summed E-state index contributed by atoms with van der Waals surface area (Å²) in [5.74, 6) is 0.573. The van der Waals surface area contributed by atoms with E-state index in [1.54, 1.807) is 6.20 Å². The quantitative estimate of drug-likeness (QED) is 0.540. The fraction of sp³-hybridized carbons (Fsp3) is 0.556. The molecule has 0 bridgehead atoms. The van der Waals surface area contributed by atoms with Gasteiger partial charge < -0.3 is 24.9 Å². The predicted molar refractivity (Wildman–Crippen MR) is 139 cm³/mol. The topological polar surface area (TPSA) is 65.8 Å². The van der Waals surface area contributed by atoms with Crippen LogP contribution in [0.1, 0.15) is 32.3 Å². The van der Waals surface area contributed by atoms with Crippen LogP contribution in [0.3, 0.4) is 0 Å². The second-order valence-electron chi connectivity index (χ2n) is 10.1. The number of anilines is 2. The van der Waals surface area contributed by atoms with Crippen molar-refractivity contribution >= 4 is 17.3 Å². The molecule has 1 amide bonds. The van der Waals surface area contributed by atoms with Crippen LogP contribution in [0.15, 0.2) is 43.4 Å². The van der Waals surface area contributed by atoms with Gasteiger partial charge in [0.2, 0.25) is 5.91 Å². The van der Waals surface area contributed by atoms with E-state index in [0.717, 1.165) is 42.9 Å². The SMILES string of the molecule is C=CN(C)Cc1cc(N2CCC3(CC3CN(C)C)C2=O)ccc1N(/C=C\NC)[C@@H](C)C(C)C#N. The van der Waals surface area contributed by atoms with Crippen LogP contribution in [0.4, 0.5) is 11.4 Å². The maximum Gasteiger partial charge on any atom is 0.233 e. The Bertz CT molecular complexity index is 966. The molecule has 184 valence electrons. The summed E-state index contributed by atoms with van der Waals surface area (Å²) in [6.07, 6.45) is 7.59. The molecule has 1 spiro atoms. The van der Waals surface area contributed by atoms with E-state index in [1.165, 1.54) is 0 Å². The number of rotatable bonds is 11. The summed E-state index contributed by atoms with van der Waals surface area (Å²) in [7, 11) is 8.00. The predicted octanol–water partition coefficient (Wildman–Crippen LogP) is 3.61. The van der Waals surface area contributed by atoms with Gasteiger partial charge in [0.15, 0.2) is 0 Å². The van der Waals surface area contributed by atoms with Crippen LogP contribution in [-0.4, -0.2) is 63.0 Å². The molecule has 2 fully saturated rings. The van der Waals surface area contributed by atoms with Gasteiger partial charge in [0.1, 0.15) is 0 Å². The zero-order valence-corrected chi connectivity index (χ0v) is 21.6. The fourth-order valence-electron chi connectivity index (χ4n) is 5.05. The summed E-state index contributed by atoms with van der Waals surface area (Å²) in [4.78, 5) is 21.8. The fourth-order valence-corrected chi connectivity index (χ4v) is 5.05. The summed E-state index contributed by atoms with van der Waals surface area (Å²) >= 11 is 0. The van der Waals surface area contributed by atoms with Crippen LogP contribution in [0.2, 0.25) is 0 Å². The molecule has 7 nitrogen and oxygen atoms in total. The van der Waals surface area contributed by atoms with Crippen molar-refractivity contribution in [2.45, 2.75) is 39.3 Å². The third-order valence-electron chi connectivity index (χ3n) is 7.42. The van der Waals surface area contributed by atoms with Crippen LogP contribution in [-0.2, 0) is 11.3 Å². The summed E-state index contributed by atoms with van der Waals surface area (Å²) in [5, 5.41) is 12.6. The second kappa shape index (κ2) is 10.5. The average molecular weight is 465 g/mol.